The number of aromatic nitrogens is 2. The smallest absolute Gasteiger partial charge is 0.387 e. The van der Waals surface area contributed by atoms with Gasteiger partial charge in [0.1, 0.15) is 18.3 Å². The Labute approximate surface area is 309 Å². The minimum atomic E-state index is -4.52. The Morgan fingerprint density at radius 3 is 2.16 bits per heavy atom. The van der Waals surface area contributed by atoms with Crippen LogP contribution in [0.1, 0.15) is 142 Å². The van der Waals surface area contributed by atoms with E-state index in [2.05, 4.69) is 32.3 Å². The zero-order chi connectivity index (χ0) is 37.5. The van der Waals surface area contributed by atoms with Gasteiger partial charge in [-0.1, -0.05) is 110 Å². The van der Waals surface area contributed by atoms with Gasteiger partial charge in [0.2, 0.25) is 0 Å². The third kappa shape index (κ3) is 18.1. The van der Waals surface area contributed by atoms with Crippen LogP contribution < -0.4 is 11.2 Å². The number of nitrogens with zero attached hydrogens (tertiary/aromatic N) is 1. The van der Waals surface area contributed by atoms with Crippen molar-refractivity contribution in [2.24, 2.45) is 0 Å². The maximum absolute atomic E-state index is 12.6. The Balaban J connectivity index is 1.73. The molecule has 1 saturated heterocycles. The summed E-state index contributed by atoms with van der Waals surface area (Å²) in [7, 11) is -4.52. The lowest BCUT2D eigenvalue weighted by Gasteiger charge is -2.24. The van der Waals surface area contributed by atoms with Gasteiger partial charge in [-0.2, -0.15) is 11.8 Å². The summed E-state index contributed by atoms with van der Waals surface area (Å²) in [4.78, 5) is 36.8. The van der Waals surface area contributed by atoms with Gasteiger partial charge in [-0.3, -0.25) is 23.4 Å². The van der Waals surface area contributed by atoms with Gasteiger partial charge in [0.15, 0.2) is 6.23 Å². The summed E-state index contributed by atoms with van der Waals surface area (Å²) in [6.07, 6.45) is 18.2. The van der Waals surface area contributed by atoms with Crippen LogP contribution in [0.2, 0.25) is 0 Å². The summed E-state index contributed by atoms with van der Waals surface area (Å²) in [6, 6.07) is 0. The zero-order valence-corrected chi connectivity index (χ0v) is 33.1. The van der Waals surface area contributed by atoms with E-state index in [0.29, 0.717) is 18.3 Å². The normalized spacial score (nSPS) is 21.5. The first-order valence-corrected chi connectivity index (χ1v) is 21.9. The van der Waals surface area contributed by atoms with E-state index in [1.807, 2.05) is 11.8 Å². The molecule has 51 heavy (non-hydrogen) atoms. The average molecular weight is 763 g/mol. The van der Waals surface area contributed by atoms with Crippen molar-refractivity contribution in [1.29, 1.82) is 0 Å². The first kappa shape index (κ1) is 45.9. The fourth-order valence-electron chi connectivity index (χ4n) is 6.16. The largest absolute Gasteiger partial charge is 0.472 e. The fourth-order valence-corrected chi connectivity index (χ4v) is 8.29. The number of phosphoric ester groups is 1. The van der Waals surface area contributed by atoms with Crippen LogP contribution in [0.15, 0.2) is 28.4 Å². The molecular weight excluding hydrogens is 695 g/mol. The maximum Gasteiger partial charge on any atom is 0.472 e. The third-order valence-corrected chi connectivity index (χ3v) is 11.8. The number of rotatable bonds is 31. The highest BCUT2D eigenvalue weighted by Crippen LogP contribution is 2.44. The fraction of sp³-hybridized carbons (Fsp3) is 0.838. The predicted molar refractivity (Wildman–Crippen MR) is 204 cm³/mol. The van der Waals surface area contributed by atoms with E-state index in [1.165, 1.54) is 109 Å². The maximum atomic E-state index is 12.6. The summed E-state index contributed by atoms with van der Waals surface area (Å²) in [5, 5.41) is 21.4. The van der Waals surface area contributed by atoms with Crippen LogP contribution in [0.4, 0.5) is 0 Å². The van der Waals surface area contributed by atoms with Crippen molar-refractivity contribution >= 4 is 19.6 Å². The molecule has 0 spiro atoms. The number of nitrogens with one attached hydrogen (secondary N) is 1. The van der Waals surface area contributed by atoms with Crippen molar-refractivity contribution in [3.63, 3.8) is 0 Å². The van der Waals surface area contributed by atoms with Crippen LogP contribution in [-0.2, 0) is 29.5 Å². The van der Waals surface area contributed by atoms with E-state index in [1.54, 1.807) is 0 Å². The highest BCUT2D eigenvalue weighted by molar-refractivity contribution is 7.99. The molecule has 2 rings (SSSR count). The number of aliphatic hydroxyl groups excluding tert-OH is 2. The molecule has 1 aliphatic heterocycles. The monoisotopic (exact) mass is 762 g/mol. The van der Waals surface area contributed by atoms with Gasteiger partial charge < -0.3 is 24.6 Å². The van der Waals surface area contributed by atoms with E-state index in [0.717, 1.165) is 16.7 Å². The lowest BCUT2D eigenvalue weighted by molar-refractivity contribution is -0.0554. The number of hydrogen-bond acceptors (Lipinski definition) is 10. The lowest BCUT2D eigenvalue weighted by Crippen LogP contribution is -2.38. The first-order valence-electron chi connectivity index (χ1n) is 19.4. The number of thioether (sulfide) groups is 1. The Morgan fingerprint density at radius 1 is 0.922 bits per heavy atom. The van der Waals surface area contributed by atoms with E-state index in [-0.39, 0.29) is 24.7 Å². The van der Waals surface area contributed by atoms with Crippen LogP contribution in [-0.4, -0.2) is 79.9 Å². The van der Waals surface area contributed by atoms with Gasteiger partial charge in [-0.15, -0.1) is 6.58 Å². The minimum absolute atomic E-state index is 0.0460. The quantitative estimate of drug-likeness (QED) is 0.0343. The summed E-state index contributed by atoms with van der Waals surface area (Å²) < 4.78 is 35.5. The molecule has 0 bridgehead atoms. The molecule has 14 heteroatoms. The van der Waals surface area contributed by atoms with Gasteiger partial charge in [0.25, 0.3) is 5.56 Å². The van der Waals surface area contributed by atoms with Gasteiger partial charge in [0.05, 0.1) is 19.3 Å². The number of aliphatic hydroxyl groups is 2. The van der Waals surface area contributed by atoms with Crippen LogP contribution >= 0.6 is 19.6 Å². The molecule has 2 heterocycles. The summed E-state index contributed by atoms with van der Waals surface area (Å²) in [6.45, 7) is 9.88. The molecule has 0 radical (unpaired) electrons. The number of H-pyrrole nitrogens is 1. The average Bonchev–Trinajstić information content (AvgIpc) is 3.38. The molecule has 0 aliphatic carbocycles. The van der Waals surface area contributed by atoms with E-state index < -0.39 is 50.2 Å². The highest BCUT2D eigenvalue weighted by Gasteiger charge is 2.45. The van der Waals surface area contributed by atoms with Gasteiger partial charge in [0, 0.05) is 23.6 Å². The van der Waals surface area contributed by atoms with E-state index in [4.69, 9.17) is 18.5 Å². The molecule has 0 amide bonds. The number of aromatic amines is 1. The van der Waals surface area contributed by atoms with Gasteiger partial charge in [-0.05, 0) is 38.4 Å². The second-order valence-electron chi connectivity index (χ2n) is 13.7. The summed E-state index contributed by atoms with van der Waals surface area (Å²) >= 11 is 2.01. The van der Waals surface area contributed by atoms with Crippen molar-refractivity contribution in [3.8, 4) is 0 Å². The van der Waals surface area contributed by atoms with Crippen LogP contribution in [0.3, 0.4) is 0 Å². The molecule has 12 nitrogen and oxygen atoms in total. The van der Waals surface area contributed by atoms with E-state index in [9.17, 15) is 29.3 Å². The van der Waals surface area contributed by atoms with Crippen molar-refractivity contribution in [2.75, 3.05) is 25.6 Å². The second kappa shape index (κ2) is 26.5. The molecule has 1 aliphatic rings. The third-order valence-electron chi connectivity index (χ3n) is 9.29. The Bertz CT molecular complexity index is 1250. The minimum Gasteiger partial charge on any atom is -0.387 e. The molecule has 296 valence electrons. The molecule has 0 aromatic carbocycles. The molecule has 1 aromatic heterocycles. The number of allylic oxidation sites excluding steroid dienone is 1. The van der Waals surface area contributed by atoms with Crippen LogP contribution in [0.25, 0.3) is 0 Å². The van der Waals surface area contributed by atoms with Crippen LogP contribution in [0.5, 0.6) is 0 Å². The zero-order valence-electron chi connectivity index (χ0n) is 31.4. The predicted octanol–water partition coefficient (Wildman–Crippen LogP) is 7.20. The Kier molecular flexibility index (Phi) is 23.8. The summed E-state index contributed by atoms with van der Waals surface area (Å²) in [5.74, 6) is 1.13. The SMILES string of the molecule is C=CCc1cn([C@@H]2O[C@H](COP(=O)(O)OCCCOC(C)C(CCCCCCC)SCCCCCCCCCCCC)[C@@H](O)[C@H]2O)c(=O)[nH]c1=O. The Hall–Kier alpha value is -1.28. The van der Waals surface area contributed by atoms with E-state index >= 15 is 0 Å². The molecular formula is C37H67N2O10PS. The van der Waals surface area contributed by atoms with Crippen molar-refractivity contribution in [3.05, 3.63) is 45.3 Å². The summed E-state index contributed by atoms with van der Waals surface area (Å²) in [5.41, 5.74) is -1.23. The first-order chi connectivity index (χ1) is 24.5. The van der Waals surface area contributed by atoms with Gasteiger partial charge >= 0.3 is 13.5 Å². The number of hydrogen-bond donors (Lipinski definition) is 4. The highest BCUT2D eigenvalue weighted by atomic mass is 32.2. The molecule has 3 unspecified atom stereocenters. The molecule has 4 N–H and O–H groups in total. The number of phosphoric acid groups is 1. The molecule has 7 atom stereocenters. The van der Waals surface area contributed by atoms with Crippen molar-refractivity contribution in [2.45, 2.75) is 172 Å². The number of unbranched alkanes of at least 4 members (excludes halogenated alkanes) is 13. The second-order valence-corrected chi connectivity index (χ2v) is 16.5. The topological polar surface area (TPSA) is 170 Å². The molecule has 1 fully saturated rings. The number of ether oxygens (including phenoxy) is 2. The standard InChI is InChI=1S/C37H67N2O10PS/c1-5-8-10-12-13-14-15-16-18-20-26-51-32(23-19-17-11-9-6-2)29(4)46-24-21-25-47-50(44,45)48-28-31-33(40)34(41)36(49-31)39-27-30(22-7-3)35(42)38-37(39)43/h7,27,29,31-34,36,40-41H,3,5-6,8-26,28H2,1-2,4H3,(H,44,45)(H,38,42,43)/t29?,31-,32?,33-,34-,36-/m1/s1. The molecule has 0 saturated carbocycles. The van der Waals surface area contributed by atoms with Crippen molar-refractivity contribution in [1.82, 2.24) is 9.55 Å². The molecule has 1 aromatic rings. The van der Waals surface area contributed by atoms with Gasteiger partial charge in [-0.25, -0.2) is 9.36 Å². The Morgan fingerprint density at radius 2 is 1.53 bits per heavy atom. The lowest BCUT2D eigenvalue weighted by atomic mass is 10.1. The van der Waals surface area contributed by atoms with Crippen LogP contribution in [0, 0.1) is 0 Å². The van der Waals surface area contributed by atoms with Crippen molar-refractivity contribution < 1.29 is 38.2 Å².